The van der Waals surface area contributed by atoms with Crippen LogP contribution in [0.4, 0.5) is 5.69 Å². The molecule has 2 aromatic rings. The fraction of sp³-hybridized carbons (Fsp3) is 0.300. The Bertz CT molecular complexity index is 1060. The molecule has 0 bridgehead atoms. The third kappa shape index (κ3) is 4.60. The maximum Gasteiger partial charge on any atom is 0.255 e. The number of anilines is 1. The first-order valence-corrected chi connectivity index (χ1v) is 11.0. The van der Waals surface area contributed by atoms with Gasteiger partial charge in [0.2, 0.25) is 10.0 Å². The van der Waals surface area contributed by atoms with Gasteiger partial charge in [-0.1, -0.05) is 24.1 Å². The lowest BCUT2D eigenvalue weighted by molar-refractivity contribution is 0.100. The van der Waals surface area contributed by atoms with Crippen LogP contribution in [0.2, 0.25) is 5.02 Å². The molecule has 7 nitrogen and oxygen atoms in total. The van der Waals surface area contributed by atoms with E-state index in [0.717, 1.165) is 19.3 Å². The van der Waals surface area contributed by atoms with Crippen molar-refractivity contribution in [3.05, 3.63) is 52.5 Å². The number of phenolic OH excluding ortho intramolecular Hbond substituents is 1. The van der Waals surface area contributed by atoms with Crippen molar-refractivity contribution in [2.24, 2.45) is 0 Å². The summed E-state index contributed by atoms with van der Waals surface area (Å²) in [5.41, 5.74) is 0.0538. The van der Waals surface area contributed by atoms with Gasteiger partial charge in [0.15, 0.2) is 5.78 Å². The van der Waals surface area contributed by atoms with Crippen LogP contribution in [0, 0.1) is 0 Å². The van der Waals surface area contributed by atoms with Crippen LogP contribution >= 0.6 is 11.6 Å². The molecule has 2 aromatic carbocycles. The second-order valence-electron chi connectivity index (χ2n) is 6.85. The molecular weight excluding hydrogens is 416 g/mol. The highest BCUT2D eigenvalue weighted by Crippen LogP contribution is 2.32. The molecule has 1 aliphatic rings. The first-order chi connectivity index (χ1) is 13.7. The quantitative estimate of drug-likeness (QED) is 0.549. The molecule has 0 radical (unpaired) electrons. The number of halogens is 1. The Morgan fingerprint density at radius 1 is 1.10 bits per heavy atom. The van der Waals surface area contributed by atoms with E-state index in [2.05, 4.69) is 5.32 Å². The normalized spacial score (nSPS) is 15.1. The summed E-state index contributed by atoms with van der Waals surface area (Å²) in [5.74, 6) is -1.43. The maximum absolute atomic E-state index is 12.8. The largest absolute Gasteiger partial charge is 0.505 e. The van der Waals surface area contributed by atoms with E-state index in [4.69, 9.17) is 11.6 Å². The Labute approximate surface area is 174 Å². The van der Waals surface area contributed by atoms with E-state index < -0.39 is 27.5 Å². The number of nitrogens with one attached hydrogen (secondary N) is 1. The lowest BCUT2D eigenvalue weighted by atomic mass is 10.1. The van der Waals surface area contributed by atoms with E-state index in [9.17, 15) is 23.1 Å². The zero-order valence-electron chi connectivity index (χ0n) is 15.8. The lowest BCUT2D eigenvalue weighted by Gasteiger charge is -2.26. The minimum Gasteiger partial charge on any atom is -0.505 e. The van der Waals surface area contributed by atoms with Crippen LogP contribution in [0.3, 0.4) is 0 Å². The van der Waals surface area contributed by atoms with Crippen LogP contribution in [0.25, 0.3) is 0 Å². The molecule has 1 amide bonds. The van der Waals surface area contributed by atoms with E-state index in [0.29, 0.717) is 13.1 Å². The predicted molar refractivity (Wildman–Crippen MR) is 110 cm³/mol. The summed E-state index contributed by atoms with van der Waals surface area (Å²) in [7, 11) is -3.69. The summed E-state index contributed by atoms with van der Waals surface area (Å²) in [6.45, 7) is 2.19. The fourth-order valence-corrected chi connectivity index (χ4v) is 4.99. The maximum atomic E-state index is 12.8. The molecule has 0 saturated carbocycles. The number of benzene rings is 2. The molecule has 0 spiro atoms. The Balaban J connectivity index is 1.88. The fourth-order valence-electron chi connectivity index (χ4n) is 3.21. The number of sulfonamides is 1. The van der Waals surface area contributed by atoms with Crippen LogP contribution < -0.4 is 5.32 Å². The van der Waals surface area contributed by atoms with Crippen LogP contribution in [0.5, 0.6) is 5.75 Å². The number of rotatable bonds is 5. The summed E-state index contributed by atoms with van der Waals surface area (Å²) in [4.78, 5) is 24.3. The standard InChI is InChI=1S/C20H21ClN2O5S/c1-13(24)17-11-15(21)12-18(19(17)25)22-20(26)14-6-5-7-16(10-14)29(27,28)23-8-3-2-4-9-23/h5-7,10-12,25H,2-4,8-9H2,1H3,(H,22,26). The third-order valence-corrected chi connectivity index (χ3v) is 6.86. The molecule has 1 saturated heterocycles. The number of hydrogen-bond acceptors (Lipinski definition) is 5. The molecule has 9 heteroatoms. The van der Waals surface area contributed by atoms with Gasteiger partial charge in [-0.3, -0.25) is 9.59 Å². The molecule has 29 heavy (non-hydrogen) atoms. The summed E-state index contributed by atoms with van der Waals surface area (Å²) in [6.07, 6.45) is 2.62. The van der Waals surface area contributed by atoms with E-state index in [1.54, 1.807) is 0 Å². The van der Waals surface area contributed by atoms with Crippen molar-refractivity contribution in [2.45, 2.75) is 31.1 Å². The number of carbonyl (C=O) groups excluding carboxylic acids is 2. The SMILES string of the molecule is CC(=O)c1cc(Cl)cc(NC(=O)c2cccc(S(=O)(=O)N3CCCCC3)c2)c1O. The van der Waals surface area contributed by atoms with Gasteiger partial charge in [0, 0.05) is 23.7 Å². The first-order valence-electron chi connectivity index (χ1n) is 9.15. The minimum atomic E-state index is -3.69. The molecule has 1 heterocycles. The van der Waals surface area contributed by atoms with Crippen LogP contribution in [0.15, 0.2) is 41.3 Å². The minimum absolute atomic E-state index is 0.0192. The number of amides is 1. The van der Waals surface area contributed by atoms with Crippen molar-refractivity contribution in [1.82, 2.24) is 4.31 Å². The number of ketones is 1. The Morgan fingerprint density at radius 2 is 1.79 bits per heavy atom. The van der Waals surface area contributed by atoms with Crippen molar-refractivity contribution in [1.29, 1.82) is 0 Å². The number of nitrogens with zero attached hydrogens (tertiary/aromatic N) is 1. The van der Waals surface area contributed by atoms with Crippen molar-refractivity contribution in [3.8, 4) is 5.75 Å². The topological polar surface area (TPSA) is 104 Å². The van der Waals surface area contributed by atoms with Crippen LogP contribution in [-0.4, -0.2) is 42.6 Å². The van der Waals surface area contributed by atoms with Gasteiger partial charge in [-0.2, -0.15) is 4.31 Å². The molecule has 3 rings (SSSR count). The second-order valence-corrected chi connectivity index (χ2v) is 9.23. The molecule has 0 aliphatic carbocycles. The highest BCUT2D eigenvalue weighted by Gasteiger charge is 2.26. The number of aromatic hydroxyl groups is 1. The van der Waals surface area contributed by atoms with Crippen LogP contribution in [0.1, 0.15) is 46.9 Å². The van der Waals surface area contributed by atoms with Crippen molar-refractivity contribution in [3.63, 3.8) is 0 Å². The molecule has 1 aliphatic heterocycles. The highest BCUT2D eigenvalue weighted by molar-refractivity contribution is 7.89. The van der Waals surface area contributed by atoms with Gasteiger partial charge in [-0.15, -0.1) is 0 Å². The van der Waals surface area contributed by atoms with Gasteiger partial charge in [0.25, 0.3) is 5.91 Å². The number of phenols is 1. The van der Waals surface area contributed by atoms with Gasteiger partial charge in [0.05, 0.1) is 16.1 Å². The second kappa shape index (κ2) is 8.52. The van der Waals surface area contributed by atoms with Crippen LogP contribution in [-0.2, 0) is 10.0 Å². The zero-order valence-corrected chi connectivity index (χ0v) is 17.4. The molecule has 0 aromatic heterocycles. The van der Waals surface area contributed by atoms with E-state index in [1.807, 2.05) is 0 Å². The summed E-state index contributed by atoms with van der Waals surface area (Å²) in [5, 5.41) is 12.9. The summed E-state index contributed by atoms with van der Waals surface area (Å²) in [6, 6.07) is 8.33. The number of carbonyl (C=O) groups is 2. The number of piperidine rings is 1. The van der Waals surface area contributed by atoms with Crippen molar-refractivity contribution in [2.75, 3.05) is 18.4 Å². The Hall–Kier alpha value is -2.42. The average Bonchev–Trinajstić information content (AvgIpc) is 2.71. The highest BCUT2D eigenvalue weighted by atomic mass is 35.5. The Kier molecular flexibility index (Phi) is 6.26. The van der Waals surface area contributed by atoms with Gasteiger partial charge in [0.1, 0.15) is 5.75 Å². The Morgan fingerprint density at radius 3 is 2.45 bits per heavy atom. The van der Waals surface area contributed by atoms with E-state index in [1.165, 1.54) is 47.6 Å². The predicted octanol–water partition coefficient (Wildman–Crippen LogP) is 3.68. The lowest BCUT2D eigenvalue weighted by Crippen LogP contribution is -2.35. The number of Topliss-reactive ketones (excluding diaryl/α,β-unsaturated/α-hetero) is 1. The third-order valence-electron chi connectivity index (χ3n) is 4.75. The average molecular weight is 437 g/mol. The van der Waals surface area contributed by atoms with Crippen molar-refractivity contribution >= 4 is 39.0 Å². The smallest absolute Gasteiger partial charge is 0.255 e. The van der Waals surface area contributed by atoms with Gasteiger partial charge < -0.3 is 10.4 Å². The summed E-state index contributed by atoms with van der Waals surface area (Å²) >= 11 is 5.97. The molecule has 154 valence electrons. The van der Waals surface area contributed by atoms with Crippen molar-refractivity contribution < 1.29 is 23.1 Å². The zero-order chi connectivity index (χ0) is 21.2. The summed E-state index contributed by atoms with van der Waals surface area (Å²) < 4.78 is 27.1. The molecule has 0 atom stereocenters. The van der Waals surface area contributed by atoms with Gasteiger partial charge in [-0.05, 0) is 50.1 Å². The van der Waals surface area contributed by atoms with Gasteiger partial charge >= 0.3 is 0 Å². The molecule has 1 fully saturated rings. The molecule has 0 unspecified atom stereocenters. The first kappa shape index (κ1) is 21.3. The van der Waals surface area contributed by atoms with E-state index >= 15 is 0 Å². The monoisotopic (exact) mass is 436 g/mol. The molecular formula is C20H21ClN2O5S. The number of hydrogen-bond donors (Lipinski definition) is 2. The van der Waals surface area contributed by atoms with E-state index in [-0.39, 0.29) is 26.7 Å². The van der Waals surface area contributed by atoms with Gasteiger partial charge in [-0.25, -0.2) is 8.42 Å². The molecule has 2 N–H and O–H groups in total.